The van der Waals surface area contributed by atoms with Gasteiger partial charge in [-0.05, 0) is 19.1 Å². The average Bonchev–Trinajstić information content (AvgIpc) is 2.55. The van der Waals surface area contributed by atoms with Crippen LogP contribution in [-0.4, -0.2) is 25.7 Å². The van der Waals surface area contributed by atoms with Crippen molar-refractivity contribution in [1.82, 2.24) is 4.98 Å². The van der Waals surface area contributed by atoms with Crippen LogP contribution in [0.4, 0.5) is 11.4 Å². The lowest BCUT2D eigenvalue weighted by Gasteiger charge is -2.08. The molecule has 2 aromatic rings. The zero-order valence-corrected chi connectivity index (χ0v) is 11.4. The van der Waals surface area contributed by atoms with Crippen molar-refractivity contribution < 1.29 is 8.42 Å². The van der Waals surface area contributed by atoms with Crippen LogP contribution in [0.15, 0.2) is 12.1 Å². The summed E-state index contributed by atoms with van der Waals surface area (Å²) in [6.45, 7) is 2.15. The molecule has 18 heavy (non-hydrogen) atoms. The first-order chi connectivity index (χ1) is 8.35. The lowest BCUT2D eigenvalue weighted by molar-refractivity contribution is 0.598. The number of nitrogens with one attached hydrogen (secondary N) is 1. The van der Waals surface area contributed by atoms with Crippen molar-refractivity contribution in [2.45, 2.75) is 6.92 Å². The molecular weight excluding hydrogens is 272 g/mol. The van der Waals surface area contributed by atoms with Gasteiger partial charge < -0.3 is 11.1 Å². The van der Waals surface area contributed by atoms with Gasteiger partial charge in [-0.3, -0.25) is 0 Å². The van der Waals surface area contributed by atoms with Crippen LogP contribution in [-0.2, 0) is 10.0 Å². The molecule has 98 valence electrons. The van der Waals surface area contributed by atoms with Gasteiger partial charge in [0.05, 0.1) is 32.4 Å². The summed E-state index contributed by atoms with van der Waals surface area (Å²) in [5.41, 5.74) is 7.98. The summed E-state index contributed by atoms with van der Waals surface area (Å²) < 4.78 is 22.7. The van der Waals surface area contributed by atoms with Gasteiger partial charge in [-0.25, -0.2) is 18.5 Å². The molecule has 0 fully saturated rings. The van der Waals surface area contributed by atoms with Crippen molar-refractivity contribution in [1.29, 1.82) is 0 Å². The maximum absolute atomic E-state index is 10.8. The molecule has 0 spiro atoms. The summed E-state index contributed by atoms with van der Waals surface area (Å²) in [4.78, 5) is 4.35. The number of aryl methyl sites for hydroxylation is 1. The molecule has 1 heterocycles. The molecule has 2 rings (SSSR count). The molecule has 0 unspecified atom stereocenters. The monoisotopic (exact) mass is 286 g/mol. The number of hydrogen-bond donors (Lipinski definition) is 3. The number of thiazole rings is 1. The molecule has 0 aliphatic carbocycles. The largest absolute Gasteiger partial charge is 0.397 e. The molecule has 0 aliphatic heterocycles. The van der Waals surface area contributed by atoms with Crippen LogP contribution in [0.25, 0.3) is 10.2 Å². The van der Waals surface area contributed by atoms with Gasteiger partial charge in [-0.1, -0.05) is 0 Å². The summed E-state index contributed by atoms with van der Waals surface area (Å²) >= 11 is 1.57. The lowest BCUT2D eigenvalue weighted by Crippen LogP contribution is -2.22. The smallest absolute Gasteiger partial charge is 0.210 e. The molecule has 0 bridgehead atoms. The van der Waals surface area contributed by atoms with E-state index in [9.17, 15) is 8.42 Å². The highest BCUT2D eigenvalue weighted by Gasteiger charge is 2.07. The Bertz CT molecular complexity index is 678. The van der Waals surface area contributed by atoms with Gasteiger partial charge in [-0.2, -0.15) is 0 Å². The van der Waals surface area contributed by atoms with Crippen LogP contribution in [0.3, 0.4) is 0 Å². The minimum absolute atomic E-state index is 0.138. The lowest BCUT2D eigenvalue weighted by atomic mass is 10.2. The van der Waals surface area contributed by atoms with Gasteiger partial charge >= 0.3 is 0 Å². The van der Waals surface area contributed by atoms with E-state index in [1.54, 1.807) is 11.3 Å². The van der Waals surface area contributed by atoms with Gasteiger partial charge in [0.2, 0.25) is 10.0 Å². The number of benzene rings is 1. The predicted molar refractivity (Wildman–Crippen MR) is 75.2 cm³/mol. The molecule has 0 radical (unpaired) electrons. The normalized spacial score (nSPS) is 11.9. The van der Waals surface area contributed by atoms with Crippen LogP contribution in [0, 0.1) is 6.92 Å². The second kappa shape index (κ2) is 4.71. The Morgan fingerprint density at radius 2 is 2.17 bits per heavy atom. The number of nitrogen functional groups attached to an aromatic ring is 1. The molecule has 0 saturated heterocycles. The highest BCUT2D eigenvalue weighted by molar-refractivity contribution is 7.89. The second-order valence-electron chi connectivity index (χ2n) is 3.93. The summed E-state index contributed by atoms with van der Waals surface area (Å²) in [7, 11) is -3.46. The summed E-state index contributed by atoms with van der Waals surface area (Å²) in [5, 5.41) is 8.84. The third kappa shape index (κ3) is 3.09. The van der Waals surface area contributed by atoms with Crippen LogP contribution in [0.1, 0.15) is 5.01 Å². The number of aromatic nitrogens is 1. The first kappa shape index (κ1) is 13.1. The Kier molecular flexibility index (Phi) is 3.42. The first-order valence-corrected chi connectivity index (χ1v) is 7.79. The molecular formula is C10H14N4O2S2. The van der Waals surface area contributed by atoms with Crippen LogP contribution in [0.2, 0.25) is 0 Å². The minimum atomic E-state index is -3.46. The van der Waals surface area contributed by atoms with Crippen LogP contribution in [0.5, 0.6) is 0 Å². The Morgan fingerprint density at radius 1 is 1.44 bits per heavy atom. The van der Waals surface area contributed by atoms with E-state index in [4.69, 9.17) is 10.9 Å². The zero-order valence-electron chi connectivity index (χ0n) is 9.80. The average molecular weight is 286 g/mol. The number of primary sulfonamides is 1. The van der Waals surface area contributed by atoms with Crippen molar-refractivity contribution in [3.8, 4) is 0 Å². The molecule has 0 aliphatic rings. The highest BCUT2D eigenvalue weighted by atomic mass is 32.2. The maximum atomic E-state index is 10.8. The maximum Gasteiger partial charge on any atom is 0.210 e. The summed E-state index contributed by atoms with van der Waals surface area (Å²) in [5.74, 6) is -0.138. The second-order valence-corrected chi connectivity index (χ2v) is 6.90. The standard InChI is InChI=1S/C10H14N4O2S2/c1-6-14-9-5-8(7(11)4-10(9)17-6)13-2-3-18(12,15)16/h4-5,13H,2-3,11H2,1H3,(H2,12,15,16). The van der Waals surface area contributed by atoms with E-state index in [1.165, 1.54) is 0 Å². The van der Waals surface area contributed by atoms with Gasteiger partial charge in [0.25, 0.3) is 0 Å². The van der Waals surface area contributed by atoms with E-state index in [0.29, 0.717) is 11.4 Å². The number of hydrogen-bond acceptors (Lipinski definition) is 6. The van der Waals surface area contributed by atoms with Crippen molar-refractivity contribution in [3.63, 3.8) is 0 Å². The fraction of sp³-hybridized carbons (Fsp3) is 0.300. The Balaban J connectivity index is 2.20. The number of nitrogens with zero attached hydrogens (tertiary/aromatic N) is 1. The Morgan fingerprint density at radius 3 is 2.83 bits per heavy atom. The highest BCUT2D eigenvalue weighted by Crippen LogP contribution is 2.29. The number of rotatable bonds is 4. The minimum Gasteiger partial charge on any atom is -0.397 e. The van der Waals surface area contributed by atoms with Crippen molar-refractivity contribution in [2.75, 3.05) is 23.3 Å². The van der Waals surface area contributed by atoms with Gasteiger partial charge in [-0.15, -0.1) is 11.3 Å². The van der Waals surface area contributed by atoms with Gasteiger partial charge in [0, 0.05) is 6.54 Å². The van der Waals surface area contributed by atoms with E-state index in [2.05, 4.69) is 10.3 Å². The first-order valence-electron chi connectivity index (χ1n) is 5.26. The van der Waals surface area contributed by atoms with Crippen molar-refractivity contribution in [3.05, 3.63) is 17.1 Å². The van der Waals surface area contributed by atoms with Crippen molar-refractivity contribution >= 4 is 43.0 Å². The van der Waals surface area contributed by atoms with E-state index in [1.807, 2.05) is 19.1 Å². The van der Waals surface area contributed by atoms with E-state index in [-0.39, 0.29) is 12.3 Å². The zero-order chi connectivity index (χ0) is 13.3. The Labute approximate surface area is 109 Å². The van der Waals surface area contributed by atoms with E-state index in [0.717, 1.165) is 15.2 Å². The number of anilines is 2. The summed E-state index contributed by atoms with van der Waals surface area (Å²) in [6.07, 6.45) is 0. The molecule has 1 aromatic heterocycles. The fourth-order valence-corrected chi connectivity index (χ4v) is 2.83. The fourth-order valence-electron chi connectivity index (χ4n) is 1.59. The van der Waals surface area contributed by atoms with Crippen molar-refractivity contribution in [2.24, 2.45) is 5.14 Å². The molecule has 0 atom stereocenters. The molecule has 8 heteroatoms. The number of sulfonamides is 1. The van der Waals surface area contributed by atoms with Crippen LogP contribution >= 0.6 is 11.3 Å². The predicted octanol–water partition coefficient (Wildman–Crippen LogP) is 0.887. The van der Waals surface area contributed by atoms with Crippen LogP contribution < -0.4 is 16.2 Å². The van der Waals surface area contributed by atoms with Gasteiger partial charge in [0.15, 0.2) is 0 Å². The number of nitrogens with two attached hydrogens (primary N) is 2. The molecule has 5 N–H and O–H groups in total. The van der Waals surface area contributed by atoms with Gasteiger partial charge in [0.1, 0.15) is 0 Å². The quantitative estimate of drug-likeness (QED) is 0.723. The van der Waals surface area contributed by atoms with E-state index >= 15 is 0 Å². The third-order valence-corrected chi connectivity index (χ3v) is 4.08. The molecule has 0 saturated carbocycles. The molecule has 0 amide bonds. The van der Waals surface area contributed by atoms with E-state index < -0.39 is 10.0 Å². The third-order valence-electron chi connectivity index (χ3n) is 2.37. The topological polar surface area (TPSA) is 111 Å². The number of fused-ring (bicyclic) bond motifs is 1. The summed E-state index contributed by atoms with van der Waals surface area (Å²) in [6, 6.07) is 3.65. The Hall–Kier alpha value is -1.38. The molecule has 1 aromatic carbocycles. The SMILES string of the molecule is Cc1nc2cc(NCCS(N)(=O)=O)c(N)cc2s1. The molecule has 6 nitrogen and oxygen atoms in total.